The van der Waals surface area contributed by atoms with Gasteiger partial charge in [0.1, 0.15) is 0 Å². The van der Waals surface area contributed by atoms with Gasteiger partial charge in [-0.3, -0.25) is 4.79 Å². The van der Waals surface area contributed by atoms with Crippen LogP contribution in [0.1, 0.15) is 44.6 Å². The largest absolute Gasteiger partial charge is 0.366 e. The fourth-order valence-electron chi connectivity index (χ4n) is 4.82. The molecule has 0 radical (unpaired) electrons. The molecule has 130 valence electrons. The van der Waals surface area contributed by atoms with Crippen molar-refractivity contribution in [3.63, 3.8) is 0 Å². The third-order valence-electron chi connectivity index (χ3n) is 6.21. The smallest absolute Gasteiger partial charge is 0.237 e. The van der Waals surface area contributed by atoms with Crippen LogP contribution in [0.25, 0.3) is 0 Å². The lowest BCUT2D eigenvalue weighted by molar-refractivity contribution is -0.122. The summed E-state index contributed by atoms with van der Waals surface area (Å²) >= 11 is 0. The van der Waals surface area contributed by atoms with E-state index in [4.69, 9.17) is 0 Å². The first kappa shape index (κ1) is 15.9. The molecule has 1 aliphatic carbocycles. The number of rotatable bonds is 4. The van der Waals surface area contributed by atoms with Crippen molar-refractivity contribution in [2.24, 2.45) is 5.92 Å². The second kappa shape index (κ2) is 6.75. The monoisotopic (exact) mass is 327 g/mol. The summed E-state index contributed by atoms with van der Waals surface area (Å²) in [6.07, 6.45) is 7.33. The molecule has 1 aromatic carbocycles. The van der Waals surface area contributed by atoms with Gasteiger partial charge in [-0.05, 0) is 50.2 Å². The zero-order chi connectivity index (χ0) is 16.5. The highest BCUT2D eigenvalue weighted by molar-refractivity contribution is 5.82. The highest BCUT2D eigenvalue weighted by atomic mass is 16.2. The van der Waals surface area contributed by atoms with E-state index >= 15 is 0 Å². The molecule has 4 rings (SSSR count). The van der Waals surface area contributed by atoms with Crippen LogP contribution in [0.3, 0.4) is 0 Å². The molecular weight excluding hydrogens is 298 g/mol. The van der Waals surface area contributed by atoms with Gasteiger partial charge in [-0.15, -0.1) is 0 Å². The Labute approximate surface area is 145 Å². The SMILES string of the molecule is CC(CNC(=O)C1CC2CCCCC2N1)N1CCc2ccccc21. The fraction of sp³-hybridized carbons (Fsp3) is 0.650. The Kier molecular flexibility index (Phi) is 4.49. The number of benzene rings is 1. The molecule has 2 heterocycles. The van der Waals surface area contributed by atoms with Gasteiger partial charge in [-0.25, -0.2) is 0 Å². The van der Waals surface area contributed by atoms with Crippen LogP contribution >= 0.6 is 0 Å². The third-order valence-corrected chi connectivity index (χ3v) is 6.21. The van der Waals surface area contributed by atoms with Crippen LogP contribution in [0.15, 0.2) is 24.3 Å². The van der Waals surface area contributed by atoms with E-state index in [1.165, 1.54) is 36.9 Å². The van der Waals surface area contributed by atoms with Crippen molar-refractivity contribution < 1.29 is 4.79 Å². The summed E-state index contributed by atoms with van der Waals surface area (Å²) in [7, 11) is 0. The molecular formula is C20H29N3O. The highest BCUT2D eigenvalue weighted by Gasteiger charge is 2.38. The minimum absolute atomic E-state index is 0.0242. The zero-order valence-corrected chi connectivity index (χ0v) is 14.6. The van der Waals surface area contributed by atoms with Crippen LogP contribution in [0.5, 0.6) is 0 Å². The van der Waals surface area contributed by atoms with E-state index in [1.54, 1.807) is 0 Å². The Morgan fingerprint density at radius 1 is 1.33 bits per heavy atom. The van der Waals surface area contributed by atoms with Crippen molar-refractivity contribution in [1.82, 2.24) is 10.6 Å². The molecule has 2 aliphatic heterocycles. The van der Waals surface area contributed by atoms with Gasteiger partial charge in [-0.2, -0.15) is 0 Å². The van der Waals surface area contributed by atoms with Gasteiger partial charge in [0.25, 0.3) is 0 Å². The van der Waals surface area contributed by atoms with Crippen molar-refractivity contribution in [3.05, 3.63) is 29.8 Å². The van der Waals surface area contributed by atoms with E-state index in [2.05, 4.69) is 46.7 Å². The van der Waals surface area contributed by atoms with Crippen molar-refractivity contribution in [2.45, 2.75) is 63.6 Å². The highest BCUT2D eigenvalue weighted by Crippen LogP contribution is 2.33. The number of carbonyl (C=O) groups is 1. The first-order chi connectivity index (χ1) is 11.7. The van der Waals surface area contributed by atoms with Gasteiger partial charge in [0.2, 0.25) is 5.91 Å². The number of nitrogens with zero attached hydrogens (tertiary/aromatic N) is 1. The molecule has 4 nitrogen and oxygen atoms in total. The van der Waals surface area contributed by atoms with Gasteiger partial charge in [-0.1, -0.05) is 31.0 Å². The van der Waals surface area contributed by atoms with E-state index in [1.807, 2.05) is 0 Å². The zero-order valence-electron chi connectivity index (χ0n) is 14.6. The molecule has 2 N–H and O–H groups in total. The summed E-state index contributed by atoms with van der Waals surface area (Å²) in [6, 6.07) is 9.57. The molecule has 0 aromatic heterocycles. The van der Waals surface area contributed by atoms with Crippen molar-refractivity contribution in [3.8, 4) is 0 Å². The van der Waals surface area contributed by atoms with Crippen molar-refractivity contribution >= 4 is 11.6 Å². The topological polar surface area (TPSA) is 44.4 Å². The molecule has 1 saturated heterocycles. The Balaban J connectivity index is 1.30. The van der Waals surface area contributed by atoms with Crippen molar-refractivity contribution in [1.29, 1.82) is 0 Å². The molecule has 1 saturated carbocycles. The molecule has 0 bridgehead atoms. The van der Waals surface area contributed by atoms with Gasteiger partial charge in [0, 0.05) is 30.9 Å². The maximum Gasteiger partial charge on any atom is 0.237 e. The summed E-state index contributed by atoms with van der Waals surface area (Å²) < 4.78 is 0. The maximum atomic E-state index is 12.6. The number of anilines is 1. The quantitative estimate of drug-likeness (QED) is 0.893. The van der Waals surface area contributed by atoms with E-state index in [-0.39, 0.29) is 11.9 Å². The van der Waals surface area contributed by atoms with E-state index < -0.39 is 0 Å². The number of fused-ring (bicyclic) bond motifs is 2. The molecule has 4 heteroatoms. The van der Waals surface area contributed by atoms with Gasteiger partial charge in [0.15, 0.2) is 0 Å². The lowest BCUT2D eigenvalue weighted by atomic mass is 9.85. The minimum Gasteiger partial charge on any atom is -0.366 e. The van der Waals surface area contributed by atoms with Crippen LogP contribution in [0.4, 0.5) is 5.69 Å². The van der Waals surface area contributed by atoms with Crippen LogP contribution in [0.2, 0.25) is 0 Å². The predicted molar refractivity (Wildman–Crippen MR) is 97.3 cm³/mol. The molecule has 1 amide bonds. The lowest BCUT2D eigenvalue weighted by Crippen LogP contribution is -2.47. The Morgan fingerprint density at radius 2 is 2.17 bits per heavy atom. The van der Waals surface area contributed by atoms with E-state index in [0.29, 0.717) is 12.1 Å². The standard InChI is InChI=1S/C20H29N3O/c1-14(23-11-10-15-6-3-5-9-19(15)23)13-21-20(24)18-12-16-7-2-4-8-17(16)22-18/h3,5-6,9,14,16-18,22H,2,4,7-8,10-13H2,1H3,(H,21,24). The average molecular weight is 327 g/mol. The summed E-state index contributed by atoms with van der Waals surface area (Å²) in [6.45, 7) is 3.99. The molecule has 1 aromatic rings. The molecule has 2 fully saturated rings. The fourth-order valence-corrected chi connectivity index (χ4v) is 4.82. The molecule has 4 unspecified atom stereocenters. The lowest BCUT2D eigenvalue weighted by Gasteiger charge is -2.28. The van der Waals surface area contributed by atoms with Gasteiger partial charge in [0.05, 0.1) is 6.04 Å². The number of para-hydroxylation sites is 1. The second-order valence-electron chi connectivity index (χ2n) is 7.77. The molecule has 4 atom stereocenters. The van der Waals surface area contributed by atoms with Crippen molar-refractivity contribution in [2.75, 3.05) is 18.0 Å². The number of hydrogen-bond acceptors (Lipinski definition) is 3. The maximum absolute atomic E-state index is 12.6. The second-order valence-corrected chi connectivity index (χ2v) is 7.77. The number of amides is 1. The van der Waals surface area contributed by atoms with Crippen LogP contribution in [0, 0.1) is 5.92 Å². The molecule has 24 heavy (non-hydrogen) atoms. The van der Waals surface area contributed by atoms with E-state index in [0.717, 1.165) is 31.8 Å². The predicted octanol–water partition coefficient (Wildman–Crippen LogP) is 2.47. The van der Waals surface area contributed by atoms with Crippen LogP contribution in [-0.2, 0) is 11.2 Å². The van der Waals surface area contributed by atoms with Gasteiger partial charge >= 0.3 is 0 Å². The van der Waals surface area contributed by atoms with Crippen LogP contribution in [-0.4, -0.2) is 37.1 Å². The Bertz CT molecular complexity index is 588. The summed E-state index contributed by atoms with van der Waals surface area (Å²) in [5.74, 6) is 0.918. The summed E-state index contributed by atoms with van der Waals surface area (Å²) in [4.78, 5) is 15.0. The Hall–Kier alpha value is -1.55. The normalized spacial score (nSPS) is 29.9. The number of hydrogen-bond donors (Lipinski definition) is 2. The van der Waals surface area contributed by atoms with Crippen LogP contribution < -0.4 is 15.5 Å². The first-order valence-electron chi connectivity index (χ1n) is 9.60. The summed E-state index contributed by atoms with van der Waals surface area (Å²) in [5.41, 5.74) is 2.77. The minimum atomic E-state index is 0.0242. The molecule has 3 aliphatic rings. The van der Waals surface area contributed by atoms with Gasteiger partial charge < -0.3 is 15.5 Å². The number of carbonyl (C=O) groups excluding carboxylic acids is 1. The average Bonchev–Trinajstić information content (AvgIpc) is 3.23. The third kappa shape index (κ3) is 3.04. The number of nitrogens with one attached hydrogen (secondary N) is 2. The Morgan fingerprint density at radius 3 is 3.04 bits per heavy atom. The first-order valence-corrected chi connectivity index (χ1v) is 9.60. The van der Waals surface area contributed by atoms with E-state index in [9.17, 15) is 4.79 Å². The summed E-state index contributed by atoms with van der Waals surface area (Å²) in [5, 5.41) is 6.77. The molecule has 0 spiro atoms.